The average molecular weight is 313 g/mol. The van der Waals surface area contributed by atoms with Crippen molar-refractivity contribution in [3.63, 3.8) is 0 Å². The number of benzene rings is 1. The fourth-order valence-corrected chi connectivity index (χ4v) is 4.07. The van der Waals surface area contributed by atoms with Crippen molar-refractivity contribution >= 4 is 24.5 Å². The van der Waals surface area contributed by atoms with E-state index in [0.29, 0.717) is 7.93 Å². The predicted molar refractivity (Wildman–Crippen MR) is 96.3 cm³/mol. The van der Waals surface area contributed by atoms with Gasteiger partial charge in [0.25, 0.3) is 0 Å². The highest BCUT2D eigenvalue weighted by molar-refractivity contribution is 7.75. The average Bonchev–Trinajstić information content (AvgIpc) is 2.23. The summed E-state index contributed by atoms with van der Waals surface area (Å²) in [5, 5.41) is 1.35. The monoisotopic (exact) mass is 312 g/mol. The van der Waals surface area contributed by atoms with E-state index in [2.05, 4.69) is 74.4 Å². The molecular weight excluding hydrogens is 283 g/mol. The molecular formula is C18H30ClP. The maximum atomic E-state index is 6.34. The standard InChI is InChI=1S/C18H30ClP/c1-16(2,3)12-10-13(17(4,5)6)15(20-19)14(11-12)18(7,8)9/h10-11,20H,1-9H3. The zero-order chi connectivity index (χ0) is 15.9. The van der Waals surface area contributed by atoms with Crippen LogP contribution < -0.4 is 5.30 Å². The lowest BCUT2D eigenvalue weighted by Crippen LogP contribution is -2.29. The van der Waals surface area contributed by atoms with Gasteiger partial charge in [-0.05, 0) is 38.2 Å². The van der Waals surface area contributed by atoms with Crippen molar-refractivity contribution in [3.8, 4) is 0 Å². The third-order valence-corrected chi connectivity index (χ3v) is 5.01. The summed E-state index contributed by atoms with van der Waals surface area (Å²) in [6.07, 6.45) is 0. The Bertz CT molecular complexity index is 447. The lowest BCUT2D eigenvalue weighted by molar-refractivity contribution is 0.554. The summed E-state index contributed by atoms with van der Waals surface area (Å²) in [5.41, 5.74) is 4.63. The van der Waals surface area contributed by atoms with Gasteiger partial charge in [0.2, 0.25) is 0 Å². The van der Waals surface area contributed by atoms with E-state index in [9.17, 15) is 0 Å². The van der Waals surface area contributed by atoms with Crippen LogP contribution in [0.4, 0.5) is 0 Å². The van der Waals surface area contributed by atoms with Gasteiger partial charge in [0.15, 0.2) is 0 Å². The smallest absolute Gasteiger partial charge is 0.00720 e. The molecule has 0 bridgehead atoms. The Morgan fingerprint density at radius 2 is 1.05 bits per heavy atom. The van der Waals surface area contributed by atoms with E-state index in [-0.39, 0.29) is 16.2 Å². The summed E-state index contributed by atoms with van der Waals surface area (Å²) in [6, 6.07) is 4.75. The first-order valence-electron chi connectivity index (χ1n) is 7.34. The van der Waals surface area contributed by atoms with Gasteiger partial charge in [-0.15, -0.1) is 0 Å². The molecule has 20 heavy (non-hydrogen) atoms. The maximum absolute atomic E-state index is 6.34. The van der Waals surface area contributed by atoms with E-state index >= 15 is 0 Å². The first-order valence-corrected chi connectivity index (χ1v) is 9.36. The van der Waals surface area contributed by atoms with Crippen LogP contribution in [0, 0.1) is 0 Å². The molecule has 1 unspecified atom stereocenters. The van der Waals surface area contributed by atoms with Crippen molar-refractivity contribution in [1.29, 1.82) is 0 Å². The summed E-state index contributed by atoms with van der Waals surface area (Å²) in [6.45, 7) is 20.5. The zero-order valence-corrected chi connectivity index (χ0v) is 16.3. The van der Waals surface area contributed by atoms with E-state index in [4.69, 9.17) is 11.2 Å². The predicted octanol–water partition coefficient (Wildman–Crippen LogP) is 6.04. The molecule has 0 aliphatic carbocycles. The van der Waals surface area contributed by atoms with Gasteiger partial charge in [-0.3, -0.25) is 0 Å². The van der Waals surface area contributed by atoms with Crippen LogP contribution in [-0.4, -0.2) is 0 Å². The minimum Gasteiger partial charge on any atom is -0.0948 e. The fraction of sp³-hybridized carbons (Fsp3) is 0.667. The summed E-state index contributed by atoms with van der Waals surface area (Å²) in [4.78, 5) is 0. The van der Waals surface area contributed by atoms with Gasteiger partial charge < -0.3 is 0 Å². The topological polar surface area (TPSA) is 0 Å². The lowest BCUT2D eigenvalue weighted by Gasteiger charge is -2.32. The van der Waals surface area contributed by atoms with Crippen LogP contribution in [0.5, 0.6) is 0 Å². The van der Waals surface area contributed by atoms with Crippen LogP contribution >= 0.6 is 19.2 Å². The van der Waals surface area contributed by atoms with Crippen LogP contribution in [0.25, 0.3) is 0 Å². The first-order chi connectivity index (χ1) is 8.78. The highest BCUT2D eigenvalue weighted by Gasteiger charge is 2.28. The molecule has 0 radical (unpaired) electrons. The molecule has 0 spiro atoms. The Labute approximate surface area is 132 Å². The molecule has 0 saturated carbocycles. The van der Waals surface area contributed by atoms with Crippen molar-refractivity contribution in [2.24, 2.45) is 0 Å². The number of hydrogen-bond acceptors (Lipinski definition) is 0. The van der Waals surface area contributed by atoms with Crippen LogP contribution in [0.1, 0.15) is 79.0 Å². The highest BCUT2D eigenvalue weighted by Crippen LogP contribution is 2.37. The molecule has 0 aromatic heterocycles. The molecule has 1 aromatic rings. The third kappa shape index (κ3) is 3.99. The largest absolute Gasteiger partial charge is 0.0948 e. The van der Waals surface area contributed by atoms with Crippen LogP contribution in [0.2, 0.25) is 0 Å². The number of rotatable bonds is 1. The van der Waals surface area contributed by atoms with Gasteiger partial charge in [0, 0.05) is 7.93 Å². The van der Waals surface area contributed by atoms with Crippen LogP contribution in [-0.2, 0) is 16.2 Å². The summed E-state index contributed by atoms with van der Waals surface area (Å²) >= 11 is 6.34. The molecule has 0 aliphatic heterocycles. The number of halogens is 1. The molecule has 0 aliphatic rings. The first kappa shape index (κ1) is 18.0. The molecule has 0 fully saturated rings. The van der Waals surface area contributed by atoms with E-state index in [0.717, 1.165) is 0 Å². The second kappa shape index (κ2) is 5.62. The van der Waals surface area contributed by atoms with Gasteiger partial charge in [-0.25, -0.2) is 0 Å². The molecule has 1 aromatic carbocycles. The van der Waals surface area contributed by atoms with E-state index in [1.54, 1.807) is 0 Å². The van der Waals surface area contributed by atoms with Gasteiger partial charge in [-0.1, -0.05) is 85.7 Å². The maximum Gasteiger partial charge on any atom is 0.00720 e. The van der Waals surface area contributed by atoms with Crippen molar-refractivity contribution in [2.45, 2.75) is 78.6 Å². The number of hydrogen-bond donors (Lipinski definition) is 0. The fourth-order valence-electron chi connectivity index (χ4n) is 2.36. The summed E-state index contributed by atoms with van der Waals surface area (Å²) in [5.74, 6) is 0. The Balaban J connectivity index is 3.75. The van der Waals surface area contributed by atoms with Gasteiger partial charge in [0.1, 0.15) is 0 Å². The molecule has 114 valence electrons. The normalized spacial score (nSPS) is 14.3. The van der Waals surface area contributed by atoms with Crippen LogP contribution in [0.15, 0.2) is 12.1 Å². The Morgan fingerprint density at radius 3 is 1.25 bits per heavy atom. The second-order valence-corrected chi connectivity index (χ2v) is 10.0. The Morgan fingerprint density at radius 1 is 0.700 bits per heavy atom. The lowest BCUT2D eigenvalue weighted by atomic mass is 9.75. The SMILES string of the molecule is CC(C)(C)c1cc(C(C)(C)C)c(PCl)c(C(C)(C)C)c1. The molecule has 0 N–H and O–H groups in total. The molecule has 0 nitrogen and oxygen atoms in total. The van der Waals surface area contributed by atoms with E-state index in [1.165, 1.54) is 22.0 Å². The third-order valence-electron chi connectivity index (χ3n) is 3.71. The molecule has 0 heterocycles. The molecule has 1 rings (SSSR count). The van der Waals surface area contributed by atoms with Gasteiger partial charge >= 0.3 is 0 Å². The second-order valence-electron chi connectivity index (χ2n) is 8.79. The molecule has 0 amide bonds. The zero-order valence-electron chi connectivity index (χ0n) is 14.5. The Hall–Kier alpha value is -0.0600. The minimum absolute atomic E-state index is 0.123. The van der Waals surface area contributed by atoms with Crippen molar-refractivity contribution < 1.29 is 0 Å². The van der Waals surface area contributed by atoms with Crippen molar-refractivity contribution in [1.82, 2.24) is 0 Å². The van der Waals surface area contributed by atoms with Crippen molar-refractivity contribution in [3.05, 3.63) is 28.8 Å². The molecule has 1 atom stereocenters. The molecule has 0 saturated heterocycles. The minimum atomic E-state index is 0.123. The van der Waals surface area contributed by atoms with Gasteiger partial charge in [-0.2, -0.15) is 0 Å². The highest BCUT2D eigenvalue weighted by atomic mass is 35.7. The summed E-state index contributed by atoms with van der Waals surface area (Å²) < 4.78 is 0. The van der Waals surface area contributed by atoms with E-state index < -0.39 is 0 Å². The summed E-state index contributed by atoms with van der Waals surface area (Å²) in [7, 11) is 0.327. The van der Waals surface area contributed by atoms with Crippen molar-refractivity contribution in [2.75, 3.05) is 0 Å². The van der Waals surface area contributed by atoms with E-state index in [1.807, 2.05) is 0 Å². The molecule has 2 heteroatoms. The Kier molecular flexibility index (Phi) is 5.05. The van der Waals surface area contributed by atoms with Crippen LogP contribution in [0.3, 0.4) is 0 Å². The van der Waals surface area contributed by atoms with Gasteiger partial charge in [0.05, 0.1) is 0 Å². The quantitative estimate of drug-likeness (QED) is 0.555.